The highest BCUT2D eigenvalue weighted by Gasteiger charge is 2.31. The predicted octanol–water partition coefficient (Wildman–Crippen LogP) is 4.71. The minimum absolute atomic E-state index is 0.00276. The zero-order valence-electron chi connectivity index (χ0n) is 12.7. The highest BCUT2D eigenvalue weighted by Crippen LogP contribution is 2.34. The van der Waals surface area contributed by atoms with Crippen LogP contribution in [0.15, 0.2) is 36.5 Å². The molecule has 3 aromatic rings. The predicted molar refractivity (Wildman–Crippen MR) is 84.3 cm³/mol. The summed E-state index contributed by atoms with van der Waals surface area (Å²) in [5.41, 5.74) is -0.520. The topological polar surface area (TPSA) is 46.4 Å². The van der Waals surface area contributed by atoms with Gasteiger partial charge in [-0.3, -0.25) is 9.20 Å². The monoisotopic (exact) mass is 371 g/mol. The summed E-state index contributed by atoms with van der Waals surface area (Å²) in [4.78, 5) is 16.6. The van der Waals surface area contributed by atoms with Crippen molar-refractivity contribution < 1.29 is 22.4 Å². The normalized spacial score (nSPS) is 11.8. The van der Waals surface area contributed by atoms with E-state index in [9.17, 15) is 22.4 Å². The van der Waals surface area contributed by atoms with E-state index in [0.717, 1.165) is 24.4 Å². The first kappa shape index (κ1) is 17.2. The number of alkyl halides is 3. The van der Waals surface area contributed by atoms with Gasteiger partial charge in [0.2, 0.25) is 0 Å². The minimum atomic E-state index is -4.58. The minimum Gasteiger partial charge on any atom is -0.319 e. The molecule has 130 valence electrons. The van der Waals surface area contributed by atoms with Gasteiger partial charge in [-0.2, -0.15) is 13.2 Å². The lowest BCUT2D eigenvalue weighted by atomic mass is 10.2. The van der Waals surface area contributed by atoms with Gasteiger partial charge in [-0.1, -0.05) is 11.6 Å². The number of nitrogens with one attached hydrogen (secondary N) is 1. The van der Waals surface area contributed by atoms with Gasteiger partial charge in [0.05, 0.1) is 22.0 Å². The average Bonchev–Trinajstić information content (AvgIpc) is 2.83. The number of hydrogen-bond donors (Lipinski definition) is 1. The number of benzene rings is 1. The maximum absolute atomic E-state index is 13.4. The van der Waals surface area contributed by atoms with Gasteiger partial charge in [0.25, 0.3) is 5.91 Å². The van der Waals surface area contributed by atoms with E-state index >= 15 is 0 Å². The summed E-state index contributed by atoms with van der Waals surface area (Å²) in [7, 11) is 0. The first-order valence-electron chi connectivity index (χ1n) is 6.99. The van der Waals surface area contributed by atoms with Crippen molar-refractivity contribution >= 4 is 28.8 Å². The van der Waals surface area contributed by atoms with Gasteiger partial charge in [0.15, 0.2) is 0 Å². The number of fused-ring (bicyclic) bond motifs is 1. The van der Waals surface area contributed by atoms with Crippen LogP contribution in [0.2, 0.25) is 5.02 Å². The number of hydrogen-bond acceptors (Lipinski definition) is 2. The molecule has 0 aliphatic heterocycles. The molecular weight excluding hydrogens is 362 g/mol. The largest absolute Gasteiger partial charge is 0.416 e. The zero-order valence-corrected chi connectivity index (χ0v) is 13.4. The Morgan fingerprint density at radius 1 is 1.24 bits per heavy atom. The van der Waals surface area contributed by atoms with Crippen LogP contribution in [0.4, 0.5) is 23.2 Å². The highest BCUT2D eigenvalue weighted by molar-refractivity contribution is 6.34. The van der Waals surface area contributed by atoms with E-state index in [2.05, 4.69) is 10.3 Å². The van der Waals surface area contributed by atoms with Gasteiger partial charge in [-0.05, 0) is 37.3 Å². The molecule has 1 amide bonds. The Kier molecular flexibility index (Phi) is 4.16. The van der Waals surface area contributed by atoms with Gasteiger partial charge in [0, 0.05) is 6.20 Å². The summed E-state index contributed by atoms with van der Waals surface area (Å²) in [5, 5.41) is 2.27. The molecule has 0 unspecified atom stereocenters. The number of halogens is 5. The molecule has 0 bridgehead atoms. The Morgan fingerprint density at radius 2 is 1.96 bits per heavy atom. The molecule has 0 fully saturated rings. The number of nitrogens with zero attached hydrogens (tertiary/aromatic N) is 2. The fourth-order valence-electron chi connectivity index (χ4n) is 2.39. The van der Waals surface area contributed by atoms with Crippen molar-refractivity contribution in [2.45, 2.75) is 13.1 Å². The van der Waals surface area contributed by atoms with Crippen LogP contribution in [0.3, 0.4) is 0 Å². The van der Waals surface area contributed by atoms with E-state index < -0.39 is 23.5 Å². The van der Waals surface area contributed by atoms with Crippen molar-refractivity contribution in [3.8, 4) is 0 Å². The van der Waals surface area contributed by atoms with Crippen LogP contribution in [0, 0.1) is 12.7 Å². The molecule has 0 aliphatic carbocycles. The molecule has 0 radical (unpaired) electrons. The van der Waals surface area contributed by atoms with Gasteiger partial charge < -0.3 is 5.32 Å². The van der Waals surface area contributed by atoms with Crippen molar-refractivity contribution in [3.63, 3.8) is 0 Å². The Hall–Kier alpha value is -2.61. The molecule has 0 saturated carbocycles. The van der Waals surface area contributed by atoms with E-state index in [-0.39, 0.29) is 16.4 Å². The second kappa shape index (κ2) is 6.03. The first-order valence-corrected chi connectivity index (χ1v) is 7.37. The maximum atomic E-state index is 13.4. The molecule has 2 aromatic heterocycles. The van der Waals surface area contributed by atoms with Gasteiger partial charge in [-0.15, -0.1) is 0 Å². The zero-order chi connectivity index (χ0) is 18.4. The van der Waals surface area contributed by atoms with Crippen LogP contribution in [0.5, 0.6) is 0 Å². The summed E-state index contributed by atoms with van der Waals surface area (Å²) in [5.74, 6) is -1.34. The SMILES string of the molecule is Cc1nc2ccc(F)cn2c1C(=O)Nc1cc(C(F)(F)F)ccc1Cl. The van der Waals surface area contributed by atoms with Gasteiger partial charge in [0.1, 0.15) is 17.2 Å². The first-order chi connectivity index (χ1) is 11.7. The third kappa shape index (κ3) is 3.30. The number of aromatic nitrogens is 2. The average molecular weight is 372 g/mol. The number of carbonyl (C=O) groups excluding carboxylic acids is 1. The Bertz CT molecular complexity index is 981. The quantitative estimate of drug-likeness (QED) is 0.663. The number of aryl methyl sites for hydroxylation is 1. The Labute approximate surface area is 144 Å². The standard InChI is InChI=1S/C16H10ClF4N3O/c1-8-14(24-7-10(18)3-5-13(24)22-8)15(25)23-12-6-9(16(19,20)21)2-4-11(12)17/h2-7H,1H3,(H,23,25). The van der Waals surface area contributed by atoms with Crippen LogP contribution in [0.25, 0.3) is 5.65 Å². The third-order valence-corrected chi connectivity index (χ3v) is 3.84. The van der Waals surface area contributed by atoms with Crippen molar-refractivity contribution in [2.24, 2.45) is 0 Å². The molecule has 0 saturated heterocycles. The number of amides is 1. The van der Waals surface area contributed by atoms with Gasteiger partial charge >= 0.3 is 6.18 Å². The molecule has 1 aromatic carbocycles. The summed E-state index contributed by atoms with van der Waals surface area (Å²) in [6, 6.07) is 5.16. The number of imidazole rings is 1. The lowest BCUT2D eigenvalue weighted by molar-refractivity contribution is -0.137. The molecule has 3 rings (SSSR count). The fraction of sp³-hybridized carbons (Fsp3) is 0.125. The van der Waals surface area contributed by atoms with E-state index in [0.29, 0.717) is 11.3 Å². The Balaban J connectivity index is 2.01. The summed E-state index contributed by atoms with van der Waals surface area (Å²) >= 11 is 5.87. The van der Waals surface area contributed by atoms with Crippen molar-refractivity contribution in [3.05, 3.63) is 64.3 Å². The van der Waals surface area contributed by atoms with Crippen LogP contribution >= 0.6 is 11.6 Å². The van der Waals surface area contributed by atoms with Crippen molar-refractivity contribution in [1.29, 1.82) is 0 Å². The molecule has 0 atom stereocenters. The summed E-state index contributed by atoms with van der Waals surface area (Å²) in [6.07, 6.45) is -3.51. The van der Waals surface area contributed by atoms with E-state index in [1.54, 1.807) is 0 Å². The highest BCUT2D eigenvalue weighted by atomic mass is 35.5. The second-order valence-corrected chi connectivity index (χ2v) is 5.68. The van der Waals surface area contributed by atoms with Crippen LogP contribution in [0.1, 0.15) is 21.7 Å². The maximum Gasteiger partial charge on any atom is 0.416 e. The lowest BCUT2D eigenvalue weighted by Gasteiger charge is -2.12. The van der Waals surface area contributed by atoms with Crippen LogP contribution < -0.4 is 5.32 Å². The summed E-state index contributed by atoms with van der Waals surface area (Å²) < 4.78 is 53.1. The molecule has 1 N–H and O–H groups in total. The van der Waals surface area contributed by atoms with Crippen LogP contribution in [-0.2, 0) is 6.18 Å². The van der Waals surface area contributed by atoms with Crippen molar-refractivity contribution in [1.82, 2.24) is 9.38 Å². The molecule has 0 aliphatic rings. The van der Waals surface area contributed by atoms with E-state index in [1.165, 1.54) is 23.5 Å². The molecule has 4 nitrogen and oxygen atoms in total. The Morgan fingerprint density at radius 3 is 2.64 bits per heavy atom. The molecule has 9 heteroatoms. The molecule has 0 spiro atoms. The lowest BCUT2D eigenvalue weighted by Crippen LogP contribution is -2.17. The van der Waals surface area contributed by atoms with E-state index in [1.807, 2.05) is 0 Å². The molecular formula is C16H10ClF4N3O. The number of pyridine rings is 1. The molecule has 2 heterocycles. The second-order valence-electron chi connectivity index (χ2n) is 5.27. The smallest absolute Gasteiger partial charge is 0.319 e. The number of rotatable bonds is 2. The van der Waals surface area contributed by atoms with Crippen molar-refractivity contribution in [2.75, 3.05) is 5.32 Å². The number of carbonyl (C=O) groups is 1. The summed E-state index contributed by atoms with van der Waals surface area (Å²) in [6.45, 7) is 1.54. The third-order valence-electron chi connectivity index (χ3n) is 3.51. The molecule has 25 heavy (non-hydrogen) atoms. The van der Waals surface area contributed by atoms with Crippen LogP contribution in [-0.4, -0.2) is 15.3 Å². The van der Waals surface area contributed by atoms with E-state index in [4.69, 9.17) is 11.6 Å². The van der Waals surface area contributed by atoms with Gasteiger partial charge in [-0.25, -0.2) is 9.37 Å². The fourth-order valence-corrected chi connectivity index (χ4v) is 2.55. The number of anilines is 1.